The number of nitrogens with one attached hydrogen (secondary N) is 1. The van der Waals surface area contributed by atoms with E-state index in [4.69, 9.17) is 0 Å². The number of amides is 1. The zero-order valence-electron chi connectivity index (χ0n) is 12.3. The molecule has 1 amide bonds. The van der Waals surface area contributed by atoms with Gasteiger partial charge in [0.05, 0.1) is 9.77 Å². The van der Waals surface area contributed by atoms with Crippen LogP contribution in [0.25, 0.3) is 0 Å². The molecule has 0 saturated carbocycles. The van der Waals surface area contributed by atoms with E-state index in [1.807, 2.05) is 13.8 Å². The summed E-state index contributed by atoms with van der Waals surface area (Å²) >= 11 is 1.16. The van der Waals surface area contributed by atoms with E-state index in [-0.39, 0.29) is 16.8 Å². The lowest BCUT2D eigenvalue weighted by Gasteiger charge is -2.17. The zero-order chi connectivity index (χ0) is 15.3. The van der Waals surface area contributed by atoms with E-state index in [2.05, 4.69) is 5.32 Å². The Hall–Kier alpha value is -0.920. The van der Waals surface area contributed by atoms with Crippen molar-refractivity contribution in [2.75, 3.05) is 13.1 Å². The van der Waals surface area contributed by atoms with Crippen LogP contribution in [-0.2, 0) is 10.0 Å². The average Bonchev–Trinajstić information content (AvgIpc) is 2.90. The third-order valence-electron chi connectivity index (χ3n) is 3.13. The summed E-state index contributed by atoms with van der Waals surface area (Å²) in [5.41, 5.74) is 0. The second kappa shape index (κ2) is 7.19. The van der Waals surface area contributed by atoms with Gasteiger partial charge in [-0.15, -0.1) is 11.3 Å². The minimum absolute atomic E-state index is 0.0763. The van der Waals surface area contributed by atoms with Crippen molar-refractivity contribution in [2.45, 2.75) is 45.1 Å². The minimum atomic E-state index is -3.48. The summed E-state index contributed by atoms with van der Waals surface area (Å²) in [6.07, 6.45) is 0.835. The number of nitrogens with zero attached hydrogens (tertiary/aromatic N) is 1. The van der Waals surface area contributed by atoms with Crippen molar-refractivity contribution in [1.29, 1.82) is 0 Å². The van der Waals surface area contributed by atoms with Gasteiger partial charge in [0.25, 0.3) is 5.91 Å². The maximum absolute atomic E-state index is 12.3. The van der Waals surface area contributed by atoms with E-state index >= 15 is 0 Å². The Labute approximate surface area is 125 Å². The lowest BCUT2D eigenvalue weighted by Crippen LogP contribution is -2.31. The van der Waals surface area contributed by atoms with E-state index in [1.165, 1.54) is 15.8 Å². The number of thiophene rings is 1. The molecule has 0 unspecified atom stereocenters. The molecule has 0 fully saturated rings. The number of sulfonamides is 1. The standard InChI is InChI=1S/C13H22N2O3S2/c1-5-10(4)14-13(16)12-8-11(9-19-12)20(17,18)15(6-2)7-3/h8-10H,5-7H2,1-4H3,(H,14,16)/t10-/m0/s1. The van der Waals surface area contributed by atoms with Crippen molar-refractivity contribution in [2.24, 2.45) is 0 Å². The fourth-order valence-electron chi connectivity index (χ4n) is 1.68. The molecular formula is C13H22N2O3S2. The smallest absolute Gasteiger partial charge is 0.261 e. The molecule has 1 atom stereocenters. The predicted molar refractivity (Wildman–Crippen MR) is 81.6 cm³/mol. The fraction of sp³-hybridized carbons (Fsp3) is 0.615. The highest BCUT2D eigenvalue weighted by Gasteiger charge is 2.24. The molecule has 1 heterocycles. The molecule has 7 heteroatoms. The van der Waals surface area contributed by atoms with Crippen LogP contribution in [0.15, 0.2) is 16.3 Å². The van der Waals surface area contributed by atoms with Gasteiger partial charge in [0.2, 0.25) is 10.0 Å². The molecule has 1 aromatic rings. The molecule has 1 aromatic heterocycles. The second-order valence-corrected chi connectivity index (χ2v) is 7.37. The van der Waals surface area contributed by atoms with Crippen molar-refractivity contribution in [3.05, 3.63) is 16.3 Å². The predicted octanol–water partition coefficient (Wildman–Crippen LogP) is 2.31. The Morgan fingerprint density at radius 3 is 2.45 bits per heavy atom. The summed E-state index contributed by atoms with van der Waals surface area (Å²) in [4.78, 5) is 12.6. The molecule has 1 N–H and O–H groups in total. The summed E-state index contributed by atoms with van der Waals surface area (Å²) in [6.45, 7) is 8.33. The monoisotopic (exact) mass is 318 g/mol. The van der Waals surface area contributed by atoms with Crippen molar-refractivity contribution in [1.82, 2.24) is 9.62 Å². The van der Waals surface area contributed by atoms with Crippen LogP contribution < -0.4 is 5.32 Å². The van der Waals surface area contributed by atoms with Crippen LogP contribution in [0.2, 0.25) is 0 Å². The third-order valence-corrected chi connectivity index (χ3v) is 6.24. The van der Waals surface area contributed by atoms with Gasteiger partial charge in [-0.3, -0.25) is 4.79 Å². The molecule has 0 spiro atoms. The molecule has 1 rings (SSSR count). The van der Waals surface area contributed by atoms with Gasteiger partial charge in [0.15, 0.2) is 0 Å². The van der Waals surface area contributed by atoms with Crippen molar-refractivity contribution < 1.29 is 13.2 Å². The zero-order valence-corrected chi connectivity index (χ0v) is 14.0. The average molecular weight is 318 g/mol. The highest BCUT2D eigenvalue weighted by molar-refractivity contribution is 7.89. The molecule has 5 nitrogen and oxygen atoms in total. The summed E-state index contributed by atoms with van der Waals surface area (Å²) < 4.78 is 26.0. The number of carbonyl (C=O) groups excluding carboxylic acids is 1. The first-order valence-electron chi connectivity index (χ1n) is 6.76. The van der Waals surface area contributed by atoms with Gasteiger partial charge < -0.3 is 5.32 Å². The summed E-state index contributed by atoms with van der Waals surface area (Å²) in [7, 11) is -3.48. The first-order chi connectivity index (χ1) is 9.36. The van der Waals surface area contributed by atoms with Crippen LogP contribution >= 0.6 is 11.3 Å². The van der Waals surface area contributed by atoms with Crippen LogP contribution in [-0.4, -0.2) is 37.8 Å². The molecule has 0 aromatic carbocycles. The van der Waals surface area contributed by atoms with E-state index < -0.39 is 10.0 Å². The first kappa shape index (κ1) is 17.1. The Balaban J connectivity index is 2.95. The quantitative estimate of drug-likeness (QED) is 0.839. The molecule has 20 heavy (non-hydrogen) atoms. The van der Waals surface area contributed by atoms with Crippen LogP contribution in [0.5, 0.6) is 0 Å². The number of carbonyl (C=O) groups is 1. The molecule has 114 valence electrons. The van der Waals surface area contributed by atoms with Crippen molar-refractivity contribution >= 4 is 27.3 Å². The number of rotatable bonds is 7. The van der Waals surface area contributed by atoms with Crippen LogP contribution in [0.3, 0.4) is 0 Å². The lowest BCUT2D eigenvalue weighted by molar-refractivity contribution is 0.0943. The largest absolute Gasteiger partial charge is 0.349 e. The molecular weight excluding hydrogens is 296 g/mol. The molecule has 0 aliphatic rings. The maximum atomic E-state index is 12.3. The van der Waals surface area contributed by atoms with Crippen LogP contribution in [0.4, 0.5) is 0 Å². The number of hydrogen-bond acceptors (Lipinski definition) is 4. The Morgan fingerprint density at radius 2 is 1.95 bits per heavy atom. The Bertz CT molecular complexity index is 548. The minimum Gasteiger partial charge on any atom is -0.349 e. The topological polar surface area (TPSA) is 66.5 Å². The fourth-order valence-corrected chi connectivity index (χ4v) is 4.30. The third kappa shape index (κ3) is 3.80. The van der Waals surface area contributed by atoms with Crippen LogP contribution in [0.1, 0.15) is 43.8 Å². The van der Waals surface area contributed by atoms with E-state index in [9.17, 15) is 13.2 Å². The first-order valence-corrected chi connectivity index (χ1v) is 9.08. The normalized spacial score (nSPS) is 13.4. The lowest BCUT2D eigenvalue weighted by atomic mass is 10.2. The van der Waals surface area contributed by atoms with E-state index in [1.54, 1.807) is 13.8 Å². The van der Waals surface area contributed by atoms with Gasteiger partial charge in [-0.25, -0.2) is 8.42 Å². The summed E-state index contributed by atoms with van der Waals surface area (Å²) in [6, 6.07) is 1.53. The molecule has 0 saturated heterocycles. The van der Waals surface area contributed by atoms with E-state index in [0.717, 1.165) is 17.8 Å². The van der Waals surface area contributed by atoms with Gasteiger partial charge in [0.1, 0.15) is 0 Å². The van der Waals surface area contributed by atoms with Crippen molar-refractivity contribution in [3.63, 3.8) is 0 Å². The van der Waals surface area contributed by atoms with Crippen molar-refractivity contribution in [3.8, 4) is 0 Å². The molecule has 0 radical (unpaired) electrons. The molecule has 0 bridgehead atoms. The maximum Gasteiger partial charge on any atom is 0.261 e. The molecule has 0 aliphatic heterocycles. The Kier molecular flexibility index (Phi) is 6.16. The van der Waals surface area contributed by atoms with Crippen LogP contribution in [0, 0.1) is 0 Å². The highest BCUT2D eigenvalue weighted by atomic mass is 32.2. The van der Waals surface area contributed by atoms with Gasteiger partial charge in [-0.2, -0.15) is 4.31 Å². The van der Waals surface area contributed by atoms with E-state index in [0.29, 0.717) is 18.0 Å². The van der Waals surface area contributed by atoms with Gasteiger partial charge >= 0.3 is 0 Å². The van der Waals surface area contributed by atoms with Gasteiger partial charge in [0, 0.05) is 24.5 Å². The highest BCUT2D eigenvalue weighted by Crippen LogP contribution is 2.22. The van der Waals surface area contributed by atoms with Gasteiger partial charge in [-0.05, 0) is 19.4 Å². The summed E-state index contributed by atoms with van der Waals surface area (Å²) in [5.74, 6) is -0.217. The second-order valence-electron chi connectivity index (χ2n) is 4.52. The summed E-state index contributed by atoms with van der Waals surface area (Å²) in [5, 5.41) is 4.36. The Morgan fingerprint density at radius 1 is 1.35 bits per heavy atom. The number of hydrogen-bond donors (Lipinski definition) is 1. The van der Waals surface area contributed by atoms with Gasteiger partial charge in [-0.1, -0.05) is 20.8 Å². The SMILES string of the molecule is CC[C@H](C)NC(=O)c1cc(S(=O)(=O)N(CC)CC)cs1. The molecule has 0 aliphatic carbocycles.